The molecule has 2 unspecified atom stereocenters. The number of aliphatic hydroxyl groups is 1. The maximum Gasteiger partial charge on any atom is 0.387 e. The van der Waals surface area contributed by atoms with Crippen LogP contribution in [-0.4, -0.2) is 22.2 Å². The molecule has 2 atom stereocenters. The summed E-state index contributed by atoms with van der Waals surface area (Å²) in [6.45, 7) is -3.04. The number of benzene rings is 1. The van der Waals surface area contributed by atoms with Crippen molar-refractivity contribution < 1.29 is 23.0 Å². The zero-order valence-electron chi connectivity index (χ0n) is 11.4. The molecule has 2 heterocycles. The summed E-state index contributed by atoms with van der Waals surface area (Å²) < 4.78 is 42.8. The van der Waals surface area contributed by atoms with Crippen LogP contribution < -0.4 is 4.74 Å². The van der Waals surface area contributed by atoms with Gasteiger partial charge in [0, 0.05) is 22.1 Å². The molecule has 1 aromatic rings. The first kappa shape index (κ1) is 15.0. The predicted molar refractivity (Wildman–Crippen MR) is 75.2 cm³/mol. The molecule has 0 radical (unpaired) electrons. The first-order valence-electron chi connectivity index (χ1n) is 7.09. The SMILES string of the molecule is OC1(c2ccc(F)cc2OC(F)F)CC2CCCC(C1)S2. The molecule has 1 N–H and O–H groups in total. The van der Waals surface area contributed by atoms with Crippen molar-refractivity contribution in [3.05, 3.63) is 29.6 Å². The van der Waals surface area contributed by atoms with E-state index in [2.05, 4.69) is 4.74 Å². The average molecular weight is 318 g/mol. The number of halogens is 3. The van der Waals surface area contributed by atoms with Gasteiger partial charge in [-0.3, -0.25) is 0 Å². The molecule has 2 bridgehead atoms. The number of hydrogen-bond donors (Lipinski definition) is 1. The van der Waals surface area contributed by atoms with Gasteiger partial charge in [0.25, 0.3) is 0 Å². The molecule has 2 nitrogen and oxygen atoms in total. The Labute approximate surface area is 125 Å². The average Bonchev–Trinajstić information content (AvgIpc) is 2.36. The summed E-state index contributed by atoms with van der Waals surface area (Å²) >= 11 is 1.87. The van der Waals surface area contributed by atoms with Gasteiger partial charge in [-0.25, -0.2) is 4.39 Å². The van der Waals surface area contributed by atoms with Crippen LogP contribution >= 0.6 is 11.8 Å². The van der Waals surface area contributed by atoms with Gasteiger partial charge in [-0.05, 0) is 37.8 Å². The highest BCUT2D eigenvalue weighted by atomic mass is 32.2. The second-order valence-electron chi connectivity index (χ2n) is 5.77. The van der Waals surface area contributed by atoms with E-state index < -0.39 is 18.0 Å². The second-order valence-corrected chi connectivity index (χ2v) is 7.38. The lowest BCUT2D eigenvalue weighted by atomic mass is 9.80. The molecule has 2 fully saturated rings. The molecule has 21 heavy (non-hydrogen) atoms. The first-order valence-corrected chi connectivity index (χ1v) is 8.03. The molecular formula is C15H17F3O2S. The predicted octanol–water partition coefficient (Wildman–Crippen LogP) is 4.06. The van der Waals surface area contributed by atoms with Gasteiger partial charge < -0.3 is 9.84 Å². The van der Waals surface area contributed by atoms with Crippen LogP contribution in [0.4, 0.5) is 13.2 Å². The van der Waals surface area contributed by atoms with Crippen LogP contribution in [0.5, 0.6) is 5.75 Å². The Hall–Kier alpha value is -0.880. The standard InChI is InChI=1S/C15H17F3O2S/c16-9-4-5-12(13(6-9)20-14(17)18)15(19)7-10-2-1-3-11(8-15)21-10/h4-6,10-11,14,19H,1-3,7-8H2. The van der Waals surface area contributed by atoms with E-state index in [1.807, 2.05) is 11.8 Å². The Morgan fingerprint density at radius 1 is 1.24 bits per heavy atom. The Morgan fingerprint density at radius 3 is 2.52 bits per heavy atom. The third-order valence-corrected chi connectivity index (χ3v) is 5.80. The van der Waals surface area contributed by atoms with Crippen molar-refractivity contribution in [2.24, 2.45) is 0 Å². The fourth-order valence-corrected chi connectivity index (χ4v) is 5.31. The first-order chi connectivity index (χ1) is 9.96. The van der Waals surface area contributed by atoms with E-state index in [0.29, 0.717) is 23.3 Å². The van der Waals surface area contributed by atoms with Gasteiger partial charge in [0.1, 0.15) is 11.6 Å². The summed E-state index contributed by atoms with van der Waals surface area (Å²) in [4.78, 5) is 0. The largest absolute Gasteiger partial charge is 0.434 e. The number of ether oxygens (including phenoxy) is 1. The molecule has 0 aromatic heterocycles. The summed E-state index contributed by atoms with van der Waals surface area (Å²) in [7, 11) is 0. The van der Waals surface area contributed by atoms with Gasteiger partial charge in [0.15, 0.2) is 0 Å². The van der Waals surface area contributed by atoms with Crippen LogP contribution in [0.15, 0.2) is 18.2 Å². The quantitative estimate of drug-likeness (QED) is 0.911. The molecule has 2 aliphatic rings. The molecule has 0 spiro atoms. The highest BCUT2D eigenvalue weighted by Gasteiger charge is 2.44. The van der Waals surface area contributed by atoms with E-state index in [1.165, 1.54) is 12.1 Å². The highest BCUT2D eigenvalue weighted by Crippen LogP contribution is 2.51. The lowest BCUT2D eigenvalue weighted by Crippen LogP contribution is -2.41. The molecular weight excluding hydrogens is 301 g/mol. The number of fused-ring (bicyclic) bond motifs is 2. The van der Waals surface area contributed by atoms with Crippen LogP contribution in [-0.2, 0) is 5.60 Å². The summed E-state index contributed by atoms with van der Waals surface area (Å²) in [5.41, 5.74) is -0.930. The smallest absolute Gasteiger partial charge is 0.387 e. The minimum atomic E-state index is -3.04. The third-order valence-electron chi connectivity index (χ3n) is 4.23. The summed E-state index contributed by atoms with van der Waals surface area (Å²) in [5, 5.41) is 11.6. The lowest BCUT2D eigenvalue weighted by Gasteiger charge is -2.44. The Bertz CT molecular complexity index is 512. The molecule has 3 rings (SSSR count). The van der Waals surface area contributed by atoms with Gasteiger partial charge in [-0.2, -0.15) is 20.5 Å². The minimum absolute atomic E-state index is 0.252. The van der Waals surface area contributed by atoms with E-state index in [-0.39, 0.29) is 11.3 Å². The van der Waals surface area contributed by atoms with Crippen LogP contribution in [0.1, 0.15) is 37.7 Å². The normalized spacial score (nSPS) is 32.2. The zero-order chi connectivity index (χ0) is 15.0. The molecule has 0 saturated carbocycles. The molecule has 0 amide bonds. The maximum atomic E-state index is 13.3. The van der Waals surface area contributed by atoms with Crippen molar-refractivity contribution in [2.45, 2.75) is 54.8 Å². The van der Waals surface area contributed by atoms with Crippen molar-refractivity contribution >= 4 is 11.8 Å². The van der Waals surface area contributed by atoms with Crippen molar-refractivity contribution in [2.75, 3.05) is 0 Å². The maximum absolute atomic E-state index is 13.3. The zero-order valence-corrected chi connectivity index (χ0v) is 12.2. The topological polar surface area (TPSA) is 29.5 Å². The fraction of sp³-hybridized carbons (Fsp3) is 0.600. The van der Waals surface area contributed by atoms with E-state index in [0.717, 1.165) is 25.3 Å². The van der Waals surface area contributed by atoms with Crippen LogP contribution in [0.25, 0.3) is 0 Å². The molecule has 1 aromatic carbocycles. The highest BCUT2D eigenvalue weighted by molar-refractivity contribution is 8.00. The van der Waals surface area contributed by atoms with Gasteiger partial charge in [-0.15, -0.1) is 0 Å². The van der Waals surface area contributed by atoms with E-state index in [1.54, 1.807) is 0 Å². The minimum Gasteiger partial charge on any atom is -0.434 e. The van der Waals surface area contributed by atoms with Crippen molar-refractivity contribution in [3.8, 4) is 5.75 Å². The number of hydrogen-bond acceptors (Lipinski definition) is 3. The summed E-state index contributed by atoms with van der Waals surface area (Å²) in [6.07, 6.45) is 4.19. The number of rotatable bonds is 3. The Balaban J connectivity index is 1.94. The summed E-state index contributed by atoms with van der Waals surface area (Å²) in [6, 6.07) is 3.49. The number of thioether (sulfide) groups is 1. The van der Waals surface area contributed by atoms with Crippen LogP contribution in [0, 0.1) is 5.82 Å². The molecule has 116 valence electrons. The van der Waals surface area contributed by atoms with E-state index in [4.69, 9.17) is 0 Å². The molecule has 0 aliphatic carbocycles. The van der Waals surface area contributed by atoms with Crippen molar-refractivity contribution in [3.63, 3.8) is 0 Å². The summed E-state index contributed by atoms with van der Waals surface area (Å²) in [5.74, 6) is -0.902. The Kier molecular flexibility index (Phi) is 4.10. The molecule has 2 aliphatic heterocycles. The Morgan fingerprint density at radius 2 is 1.90 bits per heavy atom. The third kappa shape index (κ3) is 3.16. The monoisotopic (exact) mass is 318 g/mol. The van der Waals surface area contributed by atoms with Gasteiger partial charge in [0.2, 0.25) is 0 Å². The van der Waals surface area contributed by atoms with Crippen LogP contribution in [0.3, 0.4) is 0 Å². The number of alkyl halides is 2. The molecule has 2 saturated heterocycles. The fourth-order valence-electron chi connectivity index (χ4n) is 3.41. The van der Waals surface area contributed by atoms with E-state index in [9.17, 15) is 18.3 Å². The second kappa shape index (κ2) is 5.72. The van der Waals surface area contributed by atoms with Gasteiger partial charge >= 0.3 is 6.61 Å². The molecule has 6 heteroatoms. The van der Waals surface area contributed by atoms with Crippen molar-refractivity contribution in [1.82, 2.24) is 0 Å². The van der Waals surface area contributed by atoms with Gasteiger partial charge in [0.05, 0.1) is 5.60 Å². The lowest BCUT2D eigenvalue weighted by molar-refractivity contribution is -0.0565. The van der Waals surface area contributed by atoms with E-state index >= 15 is 0 Å². The van der Waals surface area contributed by atoms with Crippen LogP contribution in [0.2, 0.25) is 0 Å². The van der Waals surface area contributed by atoms with Crippen molar-refractivity contribution in [1.29, 1.82) is 0 Å². The van der Waals surface area contributed by atoms with Gasteiger partial charge in [-0.1, -0.05) is 6.42 Å².